The monoisotopic (exact) mass is 367 g/mol. The fourth-order valence-corrected chi connectivity index (χ4v) is 3.32. The fourth-order valence-electron chi connectivity index (χ4n) is 3.32. The molecule has 144 valence electrons. The van der Waals surface area contributed by atoms with E-state index in [0.29, 0.717) is 0 Å². The maximum Gasteiger partial charge on any atom is 0.243 e. The van der Waals surface area contributed by atoms with Crippen molar-refractivity contribution in [2.75, 3.05) is 48.4 Å². The lowest BCUT2D eigenvalue weighted by Crippen LogP contribution is -2.36. The van der Waals surface area contributed by atoms with E-state index in [4.69, 9.17) is 4.74 Å². The minimum Gasteiger partial charge on any atom is -0.378 e. The van der Waals surface area contributed by atoms with Gasteiger partial charge in [-0.25, -0.2) is 0 Å². The minimum atomic E-state index is -0.0523. The summed E-state index contributed by atoms with van der Waals surface area (Å²) in [7, 11) is 0. The Bertz CT molecular complexity index is 777. The lowest BCUT2D eigenvalue weighted by molar-refractivity contribution is -0.114. The quantitative estimate of drug-likeness (QED) is 0.842. The summed E-state index contributed by atoms with van der Waals surface area (Å²) in [6.45, 7) is 9.86. The Morgan fingerprint density at radius 1 is 1.00 bits per heavy atom. The smallest absolute Gasteiger partial charge is 0.243 e. The molecule has 0 aliphatic carbocycles. The largest absolute Gasteiger partial charge is 0.378 e. The molecule has 0 spiro atoms. The van der Waals surface area contributed by atoms with Gasteiger partial charge in [0.25, 0.3) is 0 Å². The molecular formula is C22H29N3O2. The summed E-state index contributed by atoms with van der Waals surface area (Å²) in [6, 6.07) is 16.1. The molecule has 1 fully saturated rings. The number of para-hydroxylation sites is 3. The van der Waals surface area contributed by atoms with Crippen molar-refractivity contribution in [1.29, 1.82) is 0 Å². The number of ether oxygens (including phenoxy) is 1. The first kappa shape index (κ1) is 19.2. The lowest BCUT2D eigenvalue weighted by Gasteiger charge is -2.30. The minimum absolute atomic E-state index is 0.0275. The summed E-state index contributed by atoms with van der Waals surface area (Å²) in [5.41, 5.74) is 4.06. The van der Waals surface area contributed by atoms with Gasteiger partial charge in [-0.1, -0.05) is 51.1 Å². The van der Waals surface area contributed by atoms with E-state index in [1.54, 1.807) is 0 Å². The molecule has 2 aromatic carbocycles. The first-order valence-electron chi connectivity index (χ1n) is 9.50. The van der Waals surface area contributed by atoms with E-state index in [1.165, 1.54) is 0 Å². The molecule has 0 aromatic heterocycles. The van der Waals surface area contributed by atoms with Crippen molar-refractivity contribution in [3.63, 3.8) is 0 Å². The number of rotatable bonds is 5. The number of benzene rings is 2. The van der Waals surface area contributed by atoms with Crippen molar-refractivity contribution >= 4 is 23.0 Å². The van der Waals surface area contributed by atoms with Crippen molar-refractivity contribution in [3.05, 3.63) is 54.1 Å². The van der Waals surface area contributed by atoms with Crippen molar-refractivity contribution in [2.24, 2.45) is 0 Å². The van der Waals surface area contributed by atoms with Gasteiger partial charge >= 0.3 is 0 Å². The van der Waals surface area contributed by atoms with Gasteiger partial charge in [0.05, 0.1) is 31.1 Å². The van der Waals surface area contributed by atoms with Gasteiger partial charge in [0.2, 0.25) is 5.91 Å². The second-order valence-corrected chi connectivity index (χ2v) is 7.81. The average Bonchev–Trinajstić information content (AvgIpc) is 2.67. The first-order chi connectivity index (χ1) is 12.9. The van der Waals surface area contributed by atoms with Crippen molar-refractivity contribution in [3.8, 4) is 0 Å². The van der Waals surface area contributed by atoms with Crippen LogP contribution in [0.3, 0.4) is 0 Å². The lowest BCUT2D eigenvalue weighted by atomic mass is 9.86. The van der Waals surface area contributed by atoms with Gasteiger partial charge in [0.15, 0.2) is 0 Å². The number of nitrogens with one attached hydrogen (secondary N) is 2. The second-order valence-electron chi connectivity index (χ2n) is 7.81. The zero-order valence-corrected chi connectivity index (χ0v) is 16.4. The number of hydrogen-bond acceptors (Lipinski definition) is 4. The maximum atomic E-state index is 12.5. The first-order valence-corrected chi connectivity index (χ1v) is 9.50. The average molecular weight is 367 g/mol. The number of carbonyl (C=O) groups is 1. The molecule has 27 heavy (non-hydrogen) atoms. The molecule has 0 unspecified atom stereocenters. The summed E-state index contributed by atoms with van der Waals surface area (Å²) in [5.74, 6) is -0.0523. The second kappa shape index (κ2) is 8.44. The summed E-state index contributed by atoms with van der Waals surface area (Å²) in [5, 5.41) is 6.35. The van der Waals surface area contributed by atoms with Crippen LogP contribution in [0, 0.1) is 0 Å². The zero-order chi connectivity index (χ0) is 19.3. The normalized spacial score (nSPS) is 14.7. The number of nitrogens with zero attached hydrogens (tertiary/aromatic N) is 1. The molecule has 1 heterocycles. The van der Waals surface area contributed by atoms with Crippen molar-refractivity contribution in [2.45, 2.75) is 26.2 Å². The van der Waals surface area contributed by atoms with Crippen LogP contribution >= 0.6 is 0 Å². The standard InChI is InChI=1S/C22H29N3O2/c1-22(2,3)17-8-4-5-9-18(17)24-21(26)16-23-19-10-6-7-11-20(19)25-12-14-27-15-13-25/h4-11,23H,12-16H2,1-3H3,(H,24,26). The number of morpholine rings is 1. The van der Waals surface area contributed by atoms with Crippen LogP contribution in [0.4, 0.5) is 17.1 Å². The third kappa shape index (κ3) is 5.01. The van der Waals surface area contributed by atoms with E-state index < -0.39 is 0 Å². The van der Waals surface area contributed by atoms with Gasteiger partial charge in [0.1, 0.15) is 0 Å². The van der Waals surface area contributed by atoms with Crippen LogP contribution in [0.25, 0.3) is 0 Å². The highest BCUT2D eigenvalue weighted by Crippen LogP contribution is 2.29. The Hall–Kier alpha value is -2.53. The third-order valence-electron chi connectivity index (χ3n) is 4.70. The predicted molar refractivity (Wildman–Crippen MR) is 112 cm³/mol. The van der Waals surface area contributed by atoms with Gasteiger partial charge in [-0.05, 0) is 29.2 Å². The van der Waals surface area contributed by atoms with Crippen LogP contribution in [0.15, 0.2) is 48.5 Å². The Kier molecular flexibility index (Phi) is 6.01. The van der Waals surface area contributed by atoms with Crippen molar-refractivity contribution in [1.82, 2.24) is 0 Å². The Balaban J connectivity index is 1.65. The molecule has 1 saturated heterocycles. The summed E-state index contributed by atoms with van der Waals surface area (Å²) in [4.78, 5) is 14.8. The van der Waals surface area contributed by atoms with Crippen LogP contribution in [0.1, 0.15) is 26.3 Å². The molecule has 1 amide bonds. The van der Waals surface area contributed by atoms with E-state index in [2.05, 4.69) is 48.4 Å². The Morgan fingerprint density at radius 2 is 1.63 bits per heavy atom. The molecule has 2 aromatic rings. The van der Waals surface area contributed by atoms with Gasteiger partial charge in [-0.15, -0.1) is 0 Å². The van der Waals surface area contributed by atoms with Gasteiger partial charge in [0, 0.05) is 18.8 Å². The summed E-state index contributed by atoms with van der Waals surface area (Å²) < 4.78 is 5.44. The van der Waals surface area contributed by atoms with Gasteiger partial charge < -0.3 is 20.3 Å². The Labute approximate surface area is 161 Å². The van der Waals surface area contributed by atoms with Crippen molar-refractivity contribution < 1.29 is 9.53 Å². The topological polar surface area (TPSA) is 53.6 Å². The molecular weight excluding hydrogens is 338 g/mol. The summed E-state index contributed by atoms with van der Waals surface area (Å²) >= 11 is 0. The number of anilines is 3. The van der Waals surface area contributed by atoms with Crippen LogP contribution < -0.4 is 15.5 Å². The summed E-state index contributed by atoms with van der Waals surface area (Å²) in [6.07, 6.45) is 0. The molecule has 0 radical (unpaired) electrons. The van der Waals surface area contributed by atoms with E-state index in [0.717, 1.165) is 48.9 Å². The Morgan fingerprint density at radius 3 is 2.33 bits per heavy atom. The SMILES string of the molecule is CC(C)(C)c1ccccc1NC(=O)CNc1ccccc1N1CCOCC1. The molecule has 1 aliphatic heterocycles. The molecule has 5 nitrogen and oxygen atoms in total. The van der Waals surface area contributed by atoms with E-state index in [-0.39, 0.29) is 17.9 Å². The molecule has 3 rings (SSSR count). The molecule has 0 bridgehead atoms. The molecule has 2 N–H and O–H groups in total. The fraction of sp³-hybridized carbons (Fsp3) is 0.409. The molecule has 5 heteroatoms. The van der Waals surface area contributed by atoms with E-state index >= 15 is 0 Å². The molecule has 0 saturated carbocycles. The number of hydrogen-bond donors (Lipinski definition) is 2. The zero-order valence-electron chi connectivity index (χ0n) is 16.4. The highest BCUT2D eigenvalue weighted by atomic mass is 16.5. The van der Waals surface area contributed by atoms with E-state index in [9.17, 15) is 4.79 Å². The number of carbonyl (C=O) groups excluding carboxylic acids is 1. The van der Waals surface area contributed by atoms with Crippen LogP contribution in [0.2, 0.25) is 0 Å². The highest BCUT2D eigenvalue weighted by Gasteiger charge is 2.19. The maximum absolute atomic E-state index is 12.5. The number of amides is 1. The van der Waals surface area contributed by atoms with Crippen LogP contribution in [-0.2, 0) is 14.9 Å². The van der Waals surface area contributed by atoms with E-state index in [1.807, 2.05) is 36.4 Å². The highest BCUT2D eigenvalue weighted by molar-refractivity contribution is 5.95. The molecule has 1 aliphatic rings. The van der Waals surface area contributed by atoms with Gasteiger partial charge in [-0.2, -0.15) is 0 Å². The van der Waals surface area contributed by atoms with Crippen LogP contribution in [0.5, 0.6) is 0 Å². The van der Waals surface area contributed by atoms with Gasteiger partial charge in [-0.3, -0.25) is 4.79 Å². The predicted octanol–water partition coefficient (Wildman–Crippen LogP) is 3.87. The molecule has 0 atom stereocenters. The van der Waals surface area contributed by atoms with Crippen LogP contribution in [-0.4, -0.2) is 38.8 Å². The third-order valence-corrected chi connectivity index (χ3v) is 4.70.